The fourth-order valence-electron chi connectivity index (χ4n) is 3.10. The molecule has 3 rings (SSSR count). The van der Waals surface area contributed by atoms with Crippen molar-refractivity contribution in [3.8, 4) is 11.5 Å². The molecule has 0 N–H and O–H groups in total. The van der Waals surface area contributed by atoms with E-state index in [1.54, 1.807) is 7.11 Å². The summed E-state index contributed by atoms with van der Waals surface area (Å²) in [6.07, 6.45) is 1.23. The molecule has 116 valence electrons. The van der Waals surface area contributed by atoms with Gasteiger partial charge in [-0.25, -0.2) is 0 Å². The quantitative estimate of drug-likeness (QED) is 0.861. The molecule has 0 aromatic heterocycles. The summed E-state index contributed by atoms with van der Waals surface area (Å²) in [4.78, 5) is 2.38. The second-order valence-corrected chi connectivity index (χ2v) is 5.90. The number of nitrogens with zero attached hydrogens (tertiary/aromatic N) is 1. The van der Waals surface area contributed by atoms with Gasteiger partial charge in [-0.3, -0.25) is 0 Å². The van der Waals surface area contributed by atoms with Gasteiger partial charge in [-0.2, -0.15) is 0 Å². The predicted molar refractivity (Wildman–Crippen MR) is 88.7 cm³/mol. The zero-order valence-electron chi connectivity index (χ0n) is 13.2. The van der Waals surface area contributed by atoms with Gasteiger partial charge in [0.25, 0.3) is 0 Å². The van der Waals surface area contributed by atoms with Crippen LogP contribution in [0.4, 0.5) is 0 Å². The van der Waals surface area contributed by atoms with Crippen molar-refractivity contribution >= 4 is 0 Å². The first-order valence-corrected chi connectivity index (χ1v) is 7.80. The third-order valence-electron chi connectivity index (χ3n) is 4.31. The molecule has 1 fully saturated rings. The molecular weight excluding hydrogens is 274 g/mol. The molecule has 0 radical (unpaired) electrons. The number of likely N-dealkylation sites (N-methyl/N-ethyl adjacent to an activating group) is 1. The Balaban J connectivity index is 1.80. The van der Waals surface area contributed by atoms with Crippen LogP contribution in [0, 0.1) is 0 Å². The maximum atomic E-state index is 6.31. The maximum Gasteiger partial charge on any atom is 0.123 e. The highest BCUT2D eigenvalue weighted by Crippen LogP contribution is 2.31. The minimum atomic E-state index is 0.200. The lowest BCUT2D eigenvalue weighted by molar-refractivity contribution is 0.0900. The Hall–Kier alpha value is -2.00. The SMILES string of the molecule is COc1cccc(O[C@H]2CCN(C)C[C@@H]2c2ccccc2)c1. The lowest BCUT2D eigenvalue weighted by Gasteiger charge is -2.37. The standard InChI is InChI=1S/C19H23NO2/c1-20-12-11-19(18(14-20)15-7-4-3-5-8-15)22-17-10-6-9-16(13-17)21-2/h3-10,13,18-19H,11-12,14H2,1-2H3/t18-,19+/m1/s1. The second-order valence-electron chi connectivity index (χ2n) is 5.90. The summed E-state index contributed by atoms with van der Waals surface area (Å²) in [6, 6.07) is 18.5. The molecule has 1 heterocycles. The van der Waals surface area contributed by atoms with Gasteiger partial charge in [-0.1, -0.05) is 36.4 Å². The second kappa shape index (κ2) is 6.84. The van der Waals surface area contributed by atoms with Crippen molar-refractivity contribution in [1.82, 2.24) is 4.90 Å². The van der Waals surface area contributed by atoms with Crippen molar-refractivity contribution < 1.29 is 9.47 Å². The Morgan fingerprint density at radius 2 is 1.77 bits per heavy atom. The van der Waals surface area contributed by atoms with Crippen molar-refractivity contribution in [2.45, 2.75) is 18.4 Å². The first kappa shape index (κ1) is 14.9. The molecule has 1 saturated heterocycles. The van der Waals surface area contributed by atoms with E-state index in [1.165, 1.54) is 5.56 Å². The van der Waals surface area contributed by atoms with Crippen LogP contribution in [0.25, 0.3) is 0 Å². The monoisotopic (exact) mass is 297 g/mol. The van der Waals surface area contributed by atoms with E-state index < -0.39 is 0 Å². The number of rotatable bonds is 4. The number of likely N-dealkylation sites (tertiary alicyclic amines) is 1. The molecule has 3 heteroatoms. The van der Waals surface area contributed by atoms with Crippen molar-refractivity contribution in [2.75, 3.05) is 27.2 Å². The van der Waals surface area contributed by atoms with Crippen LogP contribution in [0.1, 0.15) is 17.9 Å². The molecule has 0 bridgehead atoms. The van der Waals surface area contributed by atoms with Gasteiger partial charge in [-0.15, -0.1) is 0 Å². The van der Waals surface area contributed by atoms with Crippen LogP contribution in [0.3, 0.4) is 0 Å². The van der Waals surface area contributed by atoms with E-state index in [0.717, 1.165) is 31.0 Å². The molecule has 0 amide bonds. The van der Waals surface area contributed by atoms with E-state index in [-0.39, 0.29) is 6.10 Å². The Morgan fingerprint density at radius 3 is 2.55 bits per heavy atom. The lowest BCUT2D eigenvalue weighted by Crippen LogP contribution is -2.42. The summed E-state index contributed by atoms with van der Waals surface area (Å²) in [6.45, 7) is 2.09. The summed E-state index contributed by atoms with van der Waals surface area (Å²) >= 11 is 0. The van der Waals surface area contributed by atoms with Gasteiger partial charge in [0.2, 0.25) is 0 Å². The van der Waals surface area contributed by atoms with Crippen molar-refractivity contribution in [3.05, 3.63) is 60.2 Å². The molecule has 22 heavy (non-hydrogen) atoms. The summed E-state index contributed by atoms with van der Waals surface area (Å²) in [5, 5.41) is 0. The van der Waals surface area contributed by atoms with E-state index in [4.69, 9.17) is 9.47 Å². The minimum absolute atomic E-state index is 0.200. The molecular formula is C19H23NO2. The molecule has 0 unspecified atom stereocenters. The average Bonchev–Trinajstić information content (AvgIpc) is 2.57. The fraction of sp³-hybridized carbons (Fsp3) is 0.368. The lowest BCUT2D eigenvalue weighted by atomic mass is 9.88. The molecule has 3 nitrogen and oxygen atoms in total. The molecule has 2 aromatic rings. The summed E-state index contributed by atoms with van der Waals surface area (Å²) in [7, 11) is 3.86. The van der Waals surface area contributed by atoms with E-state index in [2.05, 4.69) is 42.3 Å². The molecule has 2 atom stereocenters. The zero-order chi connectivity index (χ0) is 15.4. The maximum absolute atomic E-state index is 6.31. The summed E-state index contributed by atoms with van der Waals surface area (Å²) in [5.41, 5.74) is 1.35. The molecule has 0 spiro atoms. The van der Waals surface area contributed by atoms with Gasteiger partial charge in [0.15, 0.2) is 0 Å². The van der Waals surface area contributed by atoms with Gasteiger partial charge < -0.3 is 14.4 Å². The first-order valence-electron chi connectivity index (χ1n) is 7.80. The van der Waals surface area contributed by atoms with E-state index in [0.29, 0.717) is 5.92 Å². The minimum Gasteiger partial charge on any atom is -0.497 e. The van der Waals surface area contributed by atoms with Gasteiger partial charge in [0.1, 0.15) is 17.6 Å². The zero-order valence-corrected chi connectivity index (χ0v) is 13.2. The van der Waals surface area contributed by atoms with Crippen LogP contribution in [-0.4, -0.2) is 38.3 Å². The number of piperidine rings is 1. The van der Waals surface area contributed by atoms with Crippen LogP contribution in [0.15, 0.2) is 54.6 Å². The topological polar surface area (TPSA) is 21.7 Å². The molecule has 0 saturated carbocycles. The Morgan fingerprint density at radius 1 is 1.00 bits per heavy atom. The number of methoxy groups -OCH3 is 1. The average molecular weight is 297 g/mol. The highest BCUT2D eigenvalue weighted by molar-refractivity contribution is 5.33. The smallest absolute Gasteiger partial charge is 0.123 e. The number of benzene rings is 2. The number of hydrogen-bond donors (Lipinski definition) is 0. The first-order chi connectivity index (χ1) is 10.8. The fourth-order valence-corrected chi connectivity index (χ4v) is 3.10. The highest BCUT2D eigenvalue weighted by atomic mass is 16.5. The van der Waals surface area contributed by atoms with Crippen molar-refractivity contribution in [1.29, 1.82) is 0 Å². The van der Waals surface area contributed by atoms with Crippen LogP contribution in [-0.2, 0) is 0 Å². The largest absolute Gasteiger partial charge is 0.497 e. The Kier molecular flexibility index (Phi) is 4.64. The molecule has 0 aliphatic carbocycles. The molecule has 1 aliphatic heterocycles. The summed E-state index contributed by atoms with van der Waals surface area (Å²) in [5.74, 6) is 2.11. The van der Waals surface area contributed by atoms with E-state index in [9.17, 15) is 0 Å². The number of hydrogen-bond acceptors (Lipinski definition) is 3. The normalized spacial score (nSPS) is 22.3. The third kappa shape index (κ3) is 3.42. The molecule has 1 aliphatic rings. The molecule has 2 aromatic carbocycles. The van der Waals surface area contributed by atoms with Gasteiger partial charge in [0, 0.05) is 25.1 Å². The van der Waals surface area contributed by atoms with Crippen LogP contribution in [0.2, 0.25) is 0 Å². The third-order valence-corrected chi connectivity index (χ3v) is 4.31. The highest BCUT2D eigenvalue weighted by Gasteiger charge is 2.30. The van der Waals surface area contributed by atoms with Crippen molar-refractivity contribution in [2.24, 2.45) is 0 Å². The Labute approximate surface area is 132 Å². The Bertz CT molecular complexity index is 599. The van der Waals surface area contributed by atoms with Gasteiger partial charge in [0.05, 0.1) is 7.11 Å². The predicted octanol–water partition coefficient (Wildman–Crippen LogP) is 3.56. The van der Waals surface area contributed by atoms with E-state index >= 15 is 0 Å². The number of ether oxygens (including phenoxy) is 2. The van der Waals surface area contributed by atoms with Gasteiger partial charge in [-0.05, 0) is 31.2 Å². The van der Waals surface area contributed by atoms with Crippen LogP contribution in [0.5, 0.6) is 11.5 Å². The van der Waals surface area contributed by atoms with Gasteiger partial charge >= 0.3 is 0 Å². The van der Waals surface area contributed by atoms with Crippen LogP contribution >= 0.6 is 0 Å². The van der Waals surface area contributed by atoms with Crippen LogP contribution < -0.4 is 9.47 Å². The van der Waals surface area contributed by atoms with Crippen molar-refractivity contribution in [3.63, 3.8) is 0 Å². The van der Waals surface area contributed by atoms with E-state index in [1.807, 2.05) is 24.3 Å². The summed E-state index contributed by atoms with van der Waals surface area (Å²) < 4.78 is 11.6.